The third kappa shape index (κ3) is 1.30. The Kier molecular flexibility index (Phi) is 2.02. The SMILES string of the molecule is C[C@H]1OC[C@H]2O[C@@H]3[C@H](C)C(=O)N3C[C@H]2O1. The first kappa shape index (κ1) is 9.57. The maximum atomic E-state index is 11.5. The van der Waals surface area contributed by atoms with Crippen LogP contribution in [0.15, 0.2) is 0 Å². The molecule has 3 fully saturated rings. The number of fused-ring (bicyclic) bond motifs is 2. The van der Waals surface area contributed by atoms with Gasteiger partial charge in [-0.15, -0.1) is 0 Å². The third-order valence-electron chi connectivity index (χ3n) is 3.37. The number of amides is 1. The van der Waals surface area contributed by atoms with Crippen molar-refractivity contribution in [1.82, 2.24) is 4.90 Å². The Morgan fingerprint density at radius 2 is 2.07 bits per heavy atom. The highest BCUT2D eigenvalue weighted by Crippen LogP contribution is 2.35. The van der Waals surface area contributed by atoms with E-state index in [4.69, 9.17) is 14.2 Å². The molecule has 0 aromatic carbocycles. The molecule has 0 aromatic rings. The van der Waals surface area contributed by atoms with E-state index in [-0.39, 0.29) is 36.6 Å². The van der Waals surface area contributed by atoms with Gasteiger partial charge in [0.25, 0.3) is 0 Å². The van der Waals surface area contributed by atoms with E-state index < -0.39 is 0 Å². The van der Waals surface area contributed by atoms with Gasteiger partial charge in [0.2, 0.25) is 5.91 Å². The number of ether oxygens (including phenoxy) is 3. The minimum atomic E-state index is -0.194. The maximum Gasteiger partial charge on any atom is 0.232 e. The second-order valence-corrected chi connectivity index (χ2v) is 4.42. The number of hydrogen-bond acceptors (Lipinski definition) is 4. The van der Waals surface area contributed by atoms with Crippen molar-refractivity contribution < 1.29 is 19.0 Å². The van der Waals surface area contributed by atoms with Crippen LogP contribution in [0.3, 0.4) is 0 Å². The monoisotopic (exact) mass is 213 g/mol. The van der Waals surface area contributed by atoms with Gasteiger partial charge >= 0.3 is 0 Å². The van der Waals surface area contributed by atoms with Crippen LogP contribution in [0.5, 0.6) is 0 Å². The molecule has 0 bridgehead atoms. The van der Waals surface area contributed by atoms with E-state index in [2.05, 4.69) is 0 Å². The number of carbonyl (C=O) groups excluding carboxylic acids is 1. The lowest BCUT2D eigenvalue weighted by atomic mass is 9.94. The molecule has 0 aromatic heterocycles. The summed E-state index contributed by atoms with van der Waals surface area (Å²) in [5, 5.41) is 0. The molecule has 0 unspecified atom stereocenters. The summed E-state index contributed by atoms with van der Waals surface area (Å²) < 4.78 is 16.7. The first-order chi connectivity index (χ1) is 7.16. The summed E-state index contributed by atoms with van der Waals surface area (Å²) in [7, 11) is 0. The Morgan fingerprint density at radius 3 is 2.87 bits per heavy atom. The van der Waals surface area contributed by atoms with Gasteiger partial charge < -0.3 is 19.1 Å². The van der Waals surface area contributed by atoms with Gasteiger partial charge in [-0.05, 0) is 13.8 Å². The predicted octanol–water partition coefficient (Wildman–Crippen LogP) is -0.0490. The van der Waals surface area contributed by atoms with E-state index in [0.717, 1.165) is 0 Å². The highest BCUT2D eigenvalue weighted by molar-refractivity contribution is 5.85. The molecular weight excluding hydrogens is 198 g/mol. The zero-order valence-electron chi connectivity index (χ0n) is 8.88. The molecule has 3 aliphatic rings. The van der Waals surface area contributed by atoms with Crippen molar-refractivity contribution in [3.05, 3.63) is 0 Å². The number of β-lactam (4-membered cyclic amide) rings is 1. The van der Waals surface area contributed by atoms with Crippen molar-refractivity contribution in [2.45, 2.75) is 38.6 Å². The van der Waals surface area contributed by atoms with Gasteiger partial charge in [0.05, 0.1) is 19.1 Å². The highest BCUT2D eigenvalue weighted by Gasteiger charge is 2.52. The van der Waals surface area contributed by atoms with Crippen molar-refractivity contribution in [3.8, 4) is 0 Å². The number of nitrogens with zero attached hydrogens (tertiary/aromatic N) is 1. The molecule has 3 saturated heterocycles. The van der Waals surface area contributed by atoms with Crippen molar-refractivity contribution >= 4 is 5.91 Å². The van der Waals surface area contributed by atoms with Crippen LogP contribution >= 0.6 is 0 Å². The Balaban J connectivity index is 1.72. The van der Waals surface area contributed by atoms with Gasteiger partial charge in [-0.3, -0.25) is 4.79 Å². The van der Waals surface area contributed by atoms with Gasteiger partial charge in [-0.2, -0.15) is 0 Å². The molecule has 0 saturated carbocycles. The molecule has 3 aliphatic heterocycles. The average Bonchev–Trinajstić information content (AvgIpc) is 2.26. The van der Waals surface area contributed by atoms with Gasteiger partial charge in [-0.25, -0.2) is 0 Å². The van der Waals surface area contributed by atoms with E-state index >= 15 is 0 Å². The lowest BCUT2D eigenvalue weighted by Crippen LogP contribution is -2.70. The molecule has 5 heteroatoms. The zero-order chi connectivity index (χ0) is 10.6. The smallest absolute Gasteiger partial charge is 0.232 e. The minimum Gasteiger partial charge on any atom is -0.350 e. The largest absolute Gasteiger partial charge is 0.350 e. The lowest BCUT2D eigenvalue weighted by molar-refractivity contribution is -0.317. The third-order valence-corrected chi connectivity index (χ3v) is 3.37. The number of rotatable bonds is 0. The van der Waals surface area contributed by atoms with Crippen molar-refractivity contribution in [3.63, 3.8) is 0 Å². The normalized spacial score (nSPS) is 49.3. The number of carbonyl (C=O) groups is 1. The topological polar surface area (TPSA) is 48.0 Å². The molecular formula is C10H15NO4. The molecule has 0 aliphatic carbocycles. The van der Waals surface area contributed by atoms with E-state index in [1.807, 2.05) is 13.8 Å². The first-order valence-corrected chi connectivity index (χ1v) is 5.40. The second kappa shape index (κ2) is 3.17. The van der Waals surface area contributed by atoms with Crippen LogP contribution in [0.2, 0.25) is 0 Å². The van der Waals surface area contributed by atoms with Crippen LogP contribution in [-0.2, 0) is 19.0 Å². The van der Waals surface area contributed by atoms with Crippen molar-refractivity contribution in [2.24, 2.45) is 5.92 Å². The molecule has 15 heavy (non-hydrogen) atoms. The Hall–Kier alpha value is -0.650. The Morgan fingerprint density at radius 1 is 1.27 bits per heavy atom. The average molecular weight is 213 g/mol. The van der Waals surface area contributed by atoms with Gasteiger partial charge in [0, 0.05) is 0 Å². The van der Waals surface area contributed by atoms with E-state index in [9.17, 15) is 4.79 Å². The molecule has 3 heterocycles. The lowest BCUT2D eigenvalue weighted by Gasteiger charge is -2.54. The summed E-state index contributed by atoms with van der Waals surface area (Å²) in [6.45, 7) is 4.98. The first-order valence-electron chi connectivity index (χ1n) is 5.40. The molecule has 0 N–H and O–H groups in total. The van der Waals surface area contributed by atoms with Gasteiger partial charge in [-0.1, -0.05) is 0 Å². The Labute approximate surface area is 88.3 Å². The fraction of sp³-hybridized carbons (Fsp3) is 0.900. The van der Waals surface area contributed by atoms with E-state index in [0.29, 0.717) is 13.2 Å². The van der Waals surface area contributed by atoms with Crippen LogP contribution in [0, 0.1) is 5.92 Å². The standard InChI is InChI=1S/C10H15NO4/c1-5-9(12)11-3-7-8(15-10(5)11)4-13-6(2)14-7/h5-8,10H,3-4H2,1-2H3/t5-,6+,7-,8-,10-/m1/s1. The van der Waals surface area contributed by atoms with Gasteiger partial charge in [0.15, 0.2) is 6.29 Å². The van der Waals surface area contributed by atoms with E-state index in [1.165, 1.54) is 0 Å². The molecule has 1 amide bonds. The van der Waals surface area contributed by atoms with Gasteiger partial charge in [0.1, 0.15) is 18.4 Å². The molecule has 3 rings (SSSR count). The summed E-state index contributed by atoms with van der Waals surface area (Å²) in [6, 6.07) is 0. The minimum absolute atomic E-state index is 0.00898. The van der Waals surface area contributed by atoms with Crippen molar-refractivity contribution in [2.75, 3.05) is 13.2 Å². The molecule has 0 spiro atoms. The zero-order valence-corrected chi connectivity index (χ0v) is 8.88. The maximum absolute atomic E-state index is 11.5. The molecule has 5 nitrogen and oxygen atoms in total. The quantitative estimate of drug-likeness (QED) is 0.529. The Bertz CT molecular complexity index is 295. The fourth-order valence-electron chi connectivity index (χ4n) is 2.45. The second-order valence-electron chi connectivity index (χ2n) is 4.42. The summed E-state index contributed by atoms with van der Waals surface area (Å²) in [5.74, 6) is 0.159. The van der Waals surface area contributed by atoms with Crippen LogP contribution in [0.4, 0.5) is 0 Å². The summed E-state index contributed by atoms with van der Waals surface area (Å²) >= 11 is 0. The van der Waals surface area contributed by atoms with Crippen LogP contribution in [0.25, 0.3) is 0 Å². The van der Waals surface area contributed by atoms with Crippen molar-refractivity contribution in [1.29, 1.82) is 0 Å². The number of hydrogen-bond donors (Lipinski definition) is 0. The van der Waals surface area contributed by atoms with E-state index in [1.54, 1.807) is 4.90 Å². The van der Waals surface area contributed by atoms with Crippen LogP contribution < -0.4 is 0 Å². The molecule has 84 valence electrons. The molecule has 0 radical (unpaired) electrons. The predicted molar refractivity (Wildman–Crippen MR) is 49.8 cm³/mol. The summed E-state index contributed by atoms with van der Waals surface area (Å²) in [5.41, 5.74) is 0. The fourth-order valence-corrected chi connectivity index (χ4v) is 2.45. The summed E-state index contributed by atoms with van der Waals surface area (Å²) in [6.07, 6.45) is -0.293. The highest BCUT2D eigenvalue weighted by atomic mass is 16.7. The van der Waals surface area contributed by atoms with Crippen LogP contribution in [0.1, 0.15) is 13.8 Å². The van der Waals surface area contributed by atoms with Crippen LogP contribution in [-0.4, -0.2) is 48.7 Å². The molecule has 5 atom stereocenters. The summed E-state index contributed by atoms with van der Waals surface area (Å²) in [4.78, 5) is 13.3.